The second-order valence-electron chi connectivity index (χ2n) is 5.83. The lowest BCUT2D eigenvalue weighted by Crippen LogP contribution is -2.28. The van der Waals surface area contributed by atoms with Gasteiger partial charge >= 0.3 is 6.03 Å². The van der Waals surface area contributed by atoms with Crippen LogP contribution in [0, 0.1) is 6.92 Å². The lowest BCUT2D eigenvalue weighted by molar-refractivity contribution is 0.252. The number of benzene rings is 2. The van der Waals surface area contributed by atoms with Gasteiger partial charge in [-0.3, -0.25) is 0 Å². The molecule has 0 fully saturated rings. The van der Waals surface area contributed by atoms with Crippen molar-refractivity contribution in [2.45, 2.75) is 26.8 Å². The summed E-state index contributed by atoms with van der Waals surface area (Å²) < 4.78 is 0. The Balaban J connectivity index is 1.67. The van der Waals surface area contributed by atoms with Crippen LogP contribution in [0.5, 0.6) is 0 Å². The third kappa shape index (κ3) is 4.23. The van der Waals surface area contributed by atoms with E-state index in [0.29, 0.717) is 11.6 Å². The lowest BCUT2D eigenvalue weighted by atomic mass is 10.1. The molecule has 0 aliphatic carbocycles. The van der Waals surface area contributed by atoms with E-state index in [4.69, 9.17) is 11.6 Å². The molecule has 0 aliphatic heterocycles. The fourth-order valence-electron chi connectivity index (χ4n) is 2.62. The van der Waals surface area contributed by atoms with Crippen LogP contribution >= 0.6 is 22.9 Å². The zero-order valence-corrected chi connectivity index (χ0v) is 16.2. The highest BCUT2D eigenvalue weighted by atomic mass is 35.5. The van der Waals surface area contributed by atoms with E-state index >= 15 is 0 Å². The molecule has 0 bridgehead atoms. The first-order valence-electron chi connectivity index (χ1n) is 8.42. The van der Waals surface area contributed by atoms with E-state index in [1.54, 1.807) is 11.3 Å². The summed E-state index contributed by atoms with van der Waals surface area (Å²) in [4.78, 5) is 17.8. The maximum absolute atomic E-state index is 12.2. The minimum absolute atomic E-state index is 0.224. The Bertz CT molecular complexity index is 923. The van der Waals surface area contributed by atoms with Crippen molar-refractivity contribution in [3.63, 3.8) is 0 Å². The number of urea groups is 1. The van der Waals surface area contributed by atoms with Crippen LogP contribution in [0.25, 0.3) is 10.6 Å². The van der Waals surface area contributed by atoms with Gasteiger partial charge in [-0.15, -0.1) is 11.3 Å². The van der Waals surface area contributed by atoms with Crippen molar-refractivity contribution >= 4 is 34.7 Å². The Morgan fingerprint density at radius 2 is 1.88 bits per heavy atom. The van der Waals surface area contributed by atoms with Gasteiger partial charge in [0.25, 0.3) is 0 Å². The molecule has 0 unspecified atom stereocenters. The van der Waals surface area contributed by atoms with E-state index in [1.807, 2.05) is 55.5 Å². The van der Waals surface area contributed by atoms with Gasteiger partial charge in [0, 0.05) is 16.1 Å². The Kier molecular flexibility index (Phi) is 5.91. The molecule has 0 saturated carbocycles. The van der Waals surface area contributed by atoms with E-state index in [0.717, 1.165) is 38.8 Å². The predicted molar refractivity (Wildman–Crippen MR) is 109 cm³/mol. The summed E-state index contributed by atoms with van der Waals surface area (Å²) in [6, 6.07) is 15.2. The molecule has 0 saturated heterocycles. The number of halogens is 1. The van der Waals surface area contributed by atoms with Crippen LogP contribution in [-0.2, 0) is 13.0 Å². The van der Waals surface area contributed by atoms with Crippen LogP contribution < -0.4 is 10.6 Å². The molecule has 3 aromatic rings. The van der Waals surface area contributed by atoms with Crippen LogP contribution in [0.1, 0.15) is 23.1 Å². The van der Waals surface area contributed by atoms with Gasteiger partial charge in [-0.25, -0.2) is 9.78 Å². The summed E-state index contributed by atoms with van der Waals surface area (Å²) in [6.45, 7) is 4.43. The van der Waals surface area contributed by atoms with Crippen LogP contribution in [0.3, 0.4) is 0 Å². The number of nitrogens with one attached hydrogen (secondary N) is 2. The molecule has 2 N–H and O–H groups in total. The van der Waals surface area contributed by atoms with E-state index < -0.39 is 0 Å². The van der Waals surface area contributed by atoms with Gasteiger partial charge in [0.15, 0.2) is 0 Å². The molecule has 2 aromatic carbocycles. The maximum atomic E-state index is 12.2. The number of thiazole rings is 1. The number of aromatic nitrogens is 1. The number of carbonyl (C=O) groups excluding carboxylic acids is 1. The van der Waals surface area contributed by atoms with Crippen LogP contribution in [-0.4, -0.2) is 11.0 Å². The predicted octanol–water partition coefficient (Wildman–Crippen LogP) is 5.66. The number of hydrogen-bond acceptors (Lipinski definition) is 3. The van der Waals surface area contributed by atoms with Crippen molar-refractivity contribution < 1.29 is 4.79 Å². The molecule has 0 radical (unpaired) electrons. The Labute approximate surface area is 162 Å². The third-order valence-corrected chi connectivity index (χ3v) is 5.57. The summed E-state index contributed by atoms with van der Waals surface area (Å²) in [7, 11) is 0. The second kappa shape index (κ2) is 8.34. The monoisotopic (exact) mass is 385 g/mol. The molecule has 1 aromatic heterocycles. The smallest absolute Gasteiger partial charge is 0.319 e. The van der Waals surface area contributed by atoms with Gasteiger partial charge < -0.3 is 10.6 Å². The van der Waals surface area contributed by atoms with E-state index in [1.165, 1.54) is 0 Å². The Morgan fingerprint density at radius 1 is 1.15 bits per heavy atom. The molecule has 0 atom stereocenters. The molecule has 26 heavy (non-hydrogen) atoms. The zero-order chi connectivity index (χ0) is 18.5. The summed E-state index contributed by atoms with van der Waals surface area (Å²) in [5, 5.41) is 7.36. The van der Waals surface area contributed by atoms with Crippen molar-refractivity contribution in [1.82, 2.24) is 10.3 Å². The second-order valence-corrected chi connectivity index (χ2v) is 7.32. The highest BCUT2D eigenvalue weighted by molar-refractivity contribution is 7.15. The first-order chi connectivity index (χ1) is 12.6. The minimum Gasteiger partial charge on any atom is -0.333 e. The normalized spacial score (nSPS) is 10.6. The zero-order valence-electron chi connectivity index (χ0n) is 14.7. The average Bonchev–Trinajstić information content (AvgIpc) is 3.01. The van der Waals surface area contributed by atoms with E-state index in [-0.39, 0.29) is 6.03 Å². The topological polar surface area (TPSA) is 54.0 Å². The summed E-state index contributed by atoms with van der Waals surface area (Å²) >= 11 is 7.80. The Morgan fingerprint density at radius 3 is 2.65 bits per heavy atom. The quantitative estimate of drug-likeness (QED) is 0.595. The van der Waals surface area contributed by atoms with Gasteiger partial charge in [0.1, 0.15) is 5.01 Å². The van der Waals surface area contributed by atoms with E-state index in [2.05, 4.69) is 22.5 Å². The number of rotatable bonds is 5. The number of para-hydroxylation sites is 1. The number of amides is 2. The van der Waals surface area contributed by atoms with Gasteiger partial charge in [-0.1, -0.05) is 54.9 Å². The molecule has 3 rings (SSSR count). The van der Waals surface area contributed by atoms with Crippen LogP contribution in [0.4, 0.5) is 10.5 Å². The molecule has 134 valence electrons. The first kappa shape index (κ1) is 18.4. The maximum Gasteiger partial charge on any atom is 0.319 e. The van der Waals surface area contributed by atoms with Gasteiger partial charge in [0.2, 0.25) is 0 Å². The van der Waals surface area contributed by atoms with E-state index in [9.17, 15) is 4.79 Å². The molecular weight excluding hydrogens is 366 g/mol. The number of carbonyl (C=O) groups is 1. The molecule has 0 aliphatic rings. The largest absolute Gasteiger partial charge is 0.333 e. The minimum atomic E-state index is -0.224. The van der Waals surface area contributed by atoms with Crippen molar-refractivity contribution in [2.24, 2.45) is 0 Å². The summed E-state index contributed by atoms with van der Waals surface area (Å²) in [6.07, 6.45) is 0.867. The van der Waals surface area contributed by atoms with Gasteiger partial charge in [-0.05, 0) is 31.0 Å². The average molecular weight is 386 g/mol. The van der Waals surface area contributed by atoms with Gasteiger partial charge in [-0.2, -0.15) is 0 Å². The molecule has 6 heteroatoms. The first-order valence-corrected chi connectivity index (χ1v) is 9.62. The Hall–Kier alpha value is -2.37. The number of anilines is 1. The number of hydrogen-bond donors (Lipinski definition) is 2. The molecule has 1 heterocycles. The molecule has 4 nitrogen and oxygen atoms in total. The number of aryl methyl sites for hydroxylation is 2. The third-order valence-electron chi connectivity index (χ3n) is 4.05. The number of nitrogens with zero attached hydrogens (tertiary/aromatic N) is 1. The lowest BCUT2D eigenvalue weighted by Gasteiger charge is -2.10. The fourth-order valence-corrected chi connectivity index (χ4v) is 3.94. The van der Waals surface area contributed by atoms with Crippen molar-refractivity contribution in [3.05, 3.63) is 69.7 Å². The van der Waals surface area contributed by atoms with Crippen molar-refractivity contribution in [3.8, 4) is 10.6 Å². The van der Waals surface area contributed by atoms with Crippen molar-refractivity contribution in [2.75, 3.05) is 5.32 Å². The highest BCUT2D eigenvalue weighted by Crippen LogP contribution is 2.32. The molecule has 2 amide bonds. The van der Waals surface area contributed by atoms with Crippen LogP contribution in [0.2, 0.25) is 5.02 Å². The van der Waals surface area contributed by atoms with Crippen molar-refractivity contribution in [1.29, 1.82) is 0 Å². The standard InChI is InChI=1S/C20H20ClN3OS/c1-3-14-8-4-7-11-17(14)24-20(25)22-12-18-13(2)23-19(26-18)15-9-5-6-10-16(15)21/h4-11H,3,12H2,1-2H3,(H2,22,24,25). The van der Waals surface area contributed by atoms with Gasteiger partial charge in [0.05, 0.1) is 17.3 Å². The fraction of sp³-hybridized carbons (Fsp3) is 0.200. The van der Waals surface area contributed by atoms with Crippen LogP contribution in [0.15, 0.2) is 48.5 Å². The SMILES string of the molecule is CCc1ccccc1NC(=O)NCc1sc(-c2ccccc2Cl)nc1C. The highest BCUT2D eigenvalue weighted by Gasteiger charge is 2.13. The molecule has 0 spiro atoms. The molecular formula is C20H20ClN3OS. The summed E-state index contributed by atoms with van der Waals surface area (Å²) in [5.74, 6) is 0. The summed E-state index contributed by atoms with van der Waals surface area (Å²) in [5.41, 5.74) is 3.76.